The second-order valence-corrected chi connectivity index (χ2v) is 7.18. The Hall–Kier alpha value is -1.66. The standard InChI is InChI=1S/C12H22O3.C11H20O3/c1-3-4-5-6-7-11(8-9-13)10(2)12(14)15;1-2-3-4-5-7-10(11(13)14)8-6-9-12/h13H,3-9H2,1-2H3,(H,14,15);8,12H,2-7,9H2,1H3,(H,13,14). The molecule has 0 spiro atoms. The molecule has 0 aromatic heterocycles. The highest BCUT2D eigenvalue weighted by Crippen LogP contribution is 2.17. The molecule has 0 saturated carbocycles. The van der Waals surface area contributed by atoms with Crippen LogP contribution in [0.4, 0.5) is 0 Å². The average Bonchev–Trinajstić information content (AvgIpc) is 2.69. The first-order valence-corrected chi connectivity index (χ1v) is 10.9. The largest absolute Gasteiger partial charge is 0.478 e. The maximum absolute atomic E-state index is 10.8. The number of carboxylic acid groups (broad SMARTS) is 2. The van der Waals surface area contributed by atoms with Gasteiger partial charge in [-0.2, -0.15) is 0 Å². The number of unbranched alkanes of at least 4 members (excludes halogenated alkanes) is 6. The van der Waals surface area contributed by atoms with E-state index in [1.807, 2.05) is 0 Å². The average molecular weight is 415 g/mol. The van der Waals surface area contributed by atoms with Crippen LogP contribution in [0, 0.1) is 0 Å². The highest BCUT2D eigenvalue weighted by atomic mass is 16.4. The van der Waals surface area contributed by atoms with Crippen molar-refractivity contribution in [1.82, 2.24) is 0 Å². The zero-order valence-electron chi connectivity index (χ0n) is 18.6. The Kier molecular flexibility index (Phi) is 21.5. The Bertz CT molecular complexity index is 494. The molecule has 0 saturated heterocycles. The molecule has 6 nitrogen and oxygen atoms in total. The van der Waals surface area contributed by atoms with Crippen LogP contribution >= 0.6 is 0 Å². The number of aliphatic hydroxyl groups excluding tert-OH is 2. The van der Waals surface area contributed by atoms with Gasteiger partial charge in [-0.25, -0.2) is 9.59 Å². The van der Waals surface area contributed by atoms with Crippen molar-refractivity contribution in [3.8, 4) is 0 Å². The summed E-state index contributed by atoms with van der Waals surface area (Å²) in [5, 5.41) is 35.1. The third-order valence-electron chi connectivity index (χ3n) is 4.69. The SMILES string of the molecule is CCCCCCC(=CCCO)C(=O)O.CCCCCCC(CCO)=C(C)C(=O)O. The molecule has 0 aliphatic heterocycles. The van der Waals surface area contributed by atoms with Crippen molar-refractivity contribution >= 4 is 11.9 Å². The first-order chi connectivity index (χ1) is 13.8. The van der Waals surface area contributed by atoms with Gasteiger partial charge in [-0.05, 0) is 45.4 Å². The molecule has 0 heterocycles. The molecule has 0 unspecified atom stereocenters. The molecule has 29 heavy (non-hydrogen) atoms. The zero-order chi connectivity index (χ0) is 22.5. The van der Waals surface area contributed by atoms with Crippen LogP contribution < -0.4 is 0 Å². The van der Waals surface area contributed by atoms with Crippen LogP contribution in [0.25, 0.3) is 0 Å². The van der Waals surface area contributed by atoms with Crippen molar-refractivity contribution in [1.29, 1.82) is 0 Å². The number of carbonyl (C=O) groups is 2. The van der Waals surface area contributed by atoms with Gasteiger partial charge >= 0.3 is 11.9 Å². The molecule has 170 valence electrons. The molecule has 0 rings (SSSR count). The molecule has 4 N–H and O–H groups in total. The monoisotopic (exact) mass is 414 g/mol. The second-order valence-electron chi connectivity index (χ2n) is 7.18. The number of hydrogen-bond donors (Lipinski definition) is 4. The summed E-state index contributed by atoms with van der Waals surface area (Å²) in [6.45, 7) is 5.94. The molecule has 0 amide bonds. The molecule has 6 heteroatoms. The summed E-state index contributed by atoms with van der Waals surface area (Å²) in [5.41, 5.74) is 1.73. The van der Waals surface area contributed by atoms with E-state index in [9.17, 15) is 9.59 Å². The molecule has 0 aromatic carbocycles. The molecular weight excluding hydrogens is 372 g/mol. The van der Waals surface area contributed by atoms with Crippen LogP contribution in [0.5, 0.6) is 0 Å². The smallest absolute Gasteiger partial charge is 0.331 e. The number of aliphatic carboxylic acids is 2. The van der Waals surface area contributed by atoms with E-state index in [0.29, 0.717) is 30.4 Å². The lowest BCUT2D eigenvalue weighted by Crippen LogP contribution is -2.03. The van der Waals surface area contributed by atoms with Crippen LogP contribution in [0.2, 0.25) is 0 Å². The van der Waals surface area contributed by atoms with E-state index in [4.69, 9.17) is 20.4 Å². The topological polar surface area (TPSA) is 115 Å². The fourth-order valence-electron chi connectivity index (χ4n) is 2.83. The molecular formula is C23H42O6. The summed E-state index contributed by atoms with van der Waals surface area (Å²) in [4.78, 5) is 21.5. The molecule has 0 radical (unpaired) electrons. The van der Waals surface area contributed by atoms with Crippen molar-refractivity contribution in [2.45, 2.75) is 97.8 Å². The molecule has 0 aromatic rings. The van der Waals surface area contributed by atoms with Crippen LogP contribution in [0.3, 0.4) is 0 Å². The summed E-state index contributed by atoms with van der Waals surface area (Å²) in [5.74, 6) is -1.72. The van der Waals surface area contributed by atoms with Gasteiger partial charge in [0.05, 0.1) is 0 Å². The molecule has 0 aliphatic rings. The lowest BCUT2D eigenvalue weighted by Gasteiger charge is -2.08. The van der Waals surface area contributed by atoms with Crippen molar-refractivity contribution in [2.24, 2.45) is 0 Å². The predicted molar refractivity (Wildman–Crippen MR) is 117 cm³/mol. The minimum absolute atomic E-state index is 0.0196. The van der Waals surface area contributed by atoms with Gasteiger partial charge in [0.25, 0.3) is 0 Å². The van der Waals surface area contributed by atoms with Crippen LogP contribution in [-0.4, -0.2) is 45.6 Å². The van der Waals surface area contributed by atoms with Gasteiger partial charge in [0, 0.05) is 24.4 Å². The Labute approximate surface area is 176 Å². The highest BCUT2D eigenvalue weighted by molar-refractivity contribution is 5.87. The van der Waals surface area contributed by atoms with Crippen molar-refractivity contribution in [3.05, 3.63) is 22.8 Å². The van der Waals surface area contributed by atoms with Crippen LogP contribution in [-0.2, 0) is 9.59 Å². The Morgan fingerprint density at radius 3 is 1.69 bits per heavy atom. The van der Waals surface area contributed by atoms with Crippen LogP contribution in [0.1, 0.15) is 97.8 Å². The van der Waals surface area contributed by atoms with Gasteiger partial charge in [0.1, 0.15) is 0 Å². The summed E-state index contributed by atoms with van der Waals surface area (Å²) in [6, 6.07) is 0. The maximum atomic E-state index is 10.8. The van der Waals surface area contributed by atoms with Gasteiger partial charge in [0.15, 0.2) is 0 Å². The lowest BCUT2D eigenvalue weighted by molar-refractivity contribution is -0.133. The quantitative estimate of drug-likeness (QED) is 0.206. The number of hydrogen-bond acceptors (Lipinski definition) is 4. The van der Waals surface area contributed by atoms with E-state index in [2.05, 4.69) is 13.8 Å². The van der Waals surface area contributed by atoms with E-state index < -0.39 is 11.9 Å². The van der Waals surface area contributed by atoms with E-state index >= 15 is 0 Å². The first kappa shape index (κ1) is 29.5. The minimum Gasteiger partial charge on any atom is -0.478 e. The van der Waals surface area contributed by atoms with E-state index in [1.165, 1.54) is 12.8 Å². The summed E-state index contributed by atoms with van der Waals surface area (Å²) in [6.07, 6.45) is 12.8. The fourth-order valence-corrected chi connectivity index (χ4v) is 2.83. The van der Waals surface area contributed by atoms with Crippen LogP contribution in [0.15, 0.2) is 22.8 Å². The molecule has 0 aliphatic carbocycles. The normalized spacial score (nSPS) is 12.1. The molecule has 0 fully saturated rings. The van der Waals surface area contributed by atoms with Crippen molar-refractivity contribution in [3.63, 3.8) is 0 Å². The Morgan fingerprint density at radius 2 is 1.28 bits per heavy atom. The number of aliphatic hydroxyl groups is 2. The molecule has 0 atom stereocenters. The van der Waals surface area contributed by atoms with E-state index in [1.54, 1.807) is 13.0 Å². The van der Waals surface area contributed by atoms with Gasteiger partial charge in [0.2, 0.25) is 0 Å². The third kappa shape index (κ3) is 18.1. The summed E-state index contributed by atoms with van der Waals surface area (Å²) < 4.78 is 0. The van der Waals surface area contributed by atoms with Crippen molar-refractivity contribution in [2.75, 3.05) is 13.2 Å². The Balaban J connectivity index is 0. The van der Waals surface area contributed by atoms with Gasteiger partial charge in [-0.15, -0.1) is 0 Å². The van der Waals surface area contributed by atoms with Gasteiger partial charge in [-0.1, -0.05) is 64.0 Å². The second kappa shape index (κ2) is 21.1. The molecule has 0 bridgehead atoms. The first-order valence-electron chi connectivity index (χ1n) is 10.9. The van der Waals surface area contributed by atoms with Gasteiger partial charge in [-0.3, -0.25) is 0 Å². The predicted octanol–water partition coefficient (Wildman–Crippen LogP) is 5.09. The van der Waals surface area contributed by atoms with E-state index in [0.717, 1.165) is 50.5 Å². The zero-order valence-corrected chi connectivity index (χ0v) is 18.6. The Morgan fingerprint density at radius 1 is 0.724 bits per heavy atom. The number of carboxylic acids is 2. The maximum Gasteiger partial charge on any atom is 0.331 e. The number of rotatable bonds is 16. The minimum atomic E-state index is -0.867. The highest BCUT2D eigenvalue weighted by Gasteiger charge is 2.08. The third-order valence-corrected chi connectivity index (χ3v) is 4.69. The fraction of sp³-hybridized carbons (Fsp3) is 0.739. The summed E-state index contributed by atoms with van der Waals surface area (Å²) >= 11 is 0. The van der Waals surface area contributed by atoms with Gasteiger partial charge < -0.3 is 20.4 Å². The lowest BCUT2D eigenvalue weighted by atomic mass is 9.99. The summed E-state index contributed by atoms with van der Waals surface area (Å²) in [7, 11) is 0. The van der Waals surface area contributed by atoms with E-state index in [-0.39, 0.29) is 13.2 Å². The van der Waals surface area contributed by atoms with Crippen molar-refractivity contribution < 1.29 is 30.0 Å².